The molecule has 0 aliphatic carbocycles. The summed E-state index contributed by atoms with van der Waals surface area (Å²) in [7, 11) is 1.77. The Labute approximate surface area is 90.0 Å². The molecule has 1 unspecified atom stereocenters. The van der Waals surface area contributed by atoms with Crippen LogP contribution >= 0.6 is 0 Å². The Hall–Kier alpha value is -1.13. The number of methoxy groups -OCH3 is 1. The highest BCUT2D eigenvalue weighted by atomic mass is 16.5. The molecule has 4 heteroatoms. The lowest BCUT2D eigenvalue weighted by atomic mass is 10.3. The average Bonchev–Trinajstić information content (AvgIpc) is 2.65. The fourth-order valence-electron chi connectivity index (χ4n) is 1.95. The van der Waals surface area contributed by atoms with Gasteiger partial charge < -0.3 is 10.5 Å². The molecule has 0 amide bonds. The maximum atomic E-state index is 5.70. The van der Waals surface area contributed by atoms with Gasteiger partial charge in [0.05, 0.1) is 11.8 Å². The number of hydrogen-bond donors (Lipinski definition) is 1. The molecule has 2 rings (SSSR count). The second kappa shape index (κ2) is 4.59. The predicted octanol–water partition coefficient (Wildman–Crippen LogP) is 0.885. The molecule has 1 atom stereocenters. The fraction of sp³-hybridized carbons (Fsp3) is 0.545. The predicted molar refractivity (Wildman–Crippen MR) is 59.3 cm³/mol. The second-order valence-corrected chi connectivity index (χ2v) is 3.96. The standard InChI is InChI=1S/C11H17N3O/c1-15-11-3-5-14(8-11)7-10-6-9(12)2-4-13-10/h2,4,6,11H,3,5,7-8H2,1H3,(H2,12,13). The van der Waals surface area contributed by atoms with Gasteiger partial charge in [-0.3, -0.25) is 9.88 Å². The summed E-state index contributed by atoms with van der Waals surface area (Å²) in [6.07, 6.45) is 3.25. The van der Waals surface area contributed by atoms with Gasteiger partial charge in [-0.1, -0.05) is 0 Å². The number of pyridine rings is 1. The highest BCUT2D eigenvalue weighted by Crippen LogP contribution is 2.15. The molecule has 1 fully saturated rings. The zero-order valence-electron chi connectivity index (χ0n) is 9.02. The van der Waals surface area contributed by atoms with E-state index in [1.54, 1.807) is 13.3 Å². The van der Waals surface area contributed by atoms with Gasteiger partial charge in [0.25, 0.3) is 0 Å². The highest BCUT2D eigenvalue weighted by molar-refractivity contribution is 5.37. The third-order valence-corrected chi connectivity index (χ3v) is 2.79. The van der Waals surface area contributed by atoms with E-state index in [4.69, 9.17) is 10.5 Å². The van der Waals surface area contributed by atoms with Crippen molar-refractivity contribution in [2.75, 3.05) is 25.9 Å². The van der Waals surface area contributed by atoms with Gasteiger partial charge in [0.2, 0.25) is 0 Å². The minimum Gasteiger partial charge on any atom is -0.399 e. The van der Waals surface area contributed by atoms with Crippen LogP contribution in [0.15, 0.2) is 18.3 Å². The first-order valence-electron chi connectivity index (χ1n) is 5.23. The number of rotatable bonds is 3. The summed E-state index contributed by atoms with van der Waals surface area (Å²) in [5.74, 6) is 0. The normalized spacial score (nSPS) is 22.1. The van der Waals surface area contributed by atoms with Crippen molar-refractivity contribution >= 4 is 5.69 Å². The molecule has 1 aliphatic heterocycles. The number of nitrogen functional groups attached to an aromatic ring is 1. The van der Waals surface area contributed by atoms with Crippen molar-refractivity contribution in [1.82, 2.24) is 9.88 Å². The summed E-state index contributed by atoms with van der Waals surface area (Å²) in [6.45, 7) is 2.94. The smallest absolute Gasteiger partial charge is 0.0710 e. The molecule has 82 valence electrons. The first kappa shape index (κ1) is 10.4. The van der Waals surface area contributed by atoms with Gasteiger partial charge in [-0.25, -0.2) is 0 Å². The monoisotopic (exact) mass is 207 g/mol. The molecule has 2 N–H and O–H groups in total. The first-order valence-corrected chi connectivity index (χ1v) is 5.23. The van der Waals surface area contributed by atoms with Gasteiger partial charge in [0.1, 0.15) is 0 Å². The van der Waals surface area contributed by atoms with E-state index in [1.165, 1.54) is 0 Å². The number of hydrogen-bond acceptors (Lipinski definition) is 4. The summed E-state index contributed by atoms with van der Waals surface area (Å²) in [5.41, 5.74) is 7.52. The summed E-state index contributed by atoms with van der Waals surface area (Å²) in [5, 5.41) is 0. The molecule has 15 heavy (non-hydrogen) atoms. The summed E-state index contributed by atoms with van der Waals surface area (Å²) in [4.78, 5) is 6.63. The molecule has 0 spiro atoms. The molecule has 0 radical (unpaired) electrons. The molecule has 0 aromatic carbocycles. The lowest BCUT2D eigenvalue weighted by molar-refractivity contribution is 0.107. The quantitative estimate of drug-likeness (QED) is 0.799. The zero-order valence-corrected chi connectivity index (χ0v) is 9.02. The number of nitrogens with zero attached hydrogens (tertiary/aromatic N) is 2. The Morgan fingerprint density at radius 3 is 3.20 bits per heavy atom. The van der Waals surface area contributed by atoms with Gasteiger partial charge in [-0.2, -0.15) is 0 Å². The van der Waals surface area contributed by atoms with Crippen molar-refractivity contribution in [2.24, 2.45) is 0 Å². The van der Waals surface area contributed by atoms with Crippen molar-refractivity contribution in [3.63, 3.8) is 0 Å². The van der Waals surface area contributed by atoms with Gasteiger partial charge in [0.15, 0.2) is 0 Å². The van der Waals surface area contributed by atoms with Crippen molar-refractivity contribution < 1.29 is 4.74 Å². The van der Waals surface area contributed by atoms with E-state index in [0.29, 0.717) is 6.10 Å². The molecule has 1 aromatic rings. The largest absolute Gasteiger partial charge is 0.399 e. The Balaban J connectivity index is 1.92. The Morgan fingerprint density at radius 2 is 2.53 bits per heavy atom. The minimum absolute atomic E-state index is 0.381. The second-order valence-electron chi connectivity index (χ2n) is 3.96. The van der Waals surface area contributed by atoms with Crippen molar-refractivity contribution in [3.8, 4) is 0 Å². The van der Waals surface area contributed by atoms with Gasteiger partial charge in [-0.05, 0) is 18.6 Å². The van der Waals surface area contributed by atoms with E-state index in [0.717, 1.165) is 37.4 Å². The summed E-state index contributed by atoms with van der Waals surface area (Å²) >= 11 is 0. The van der Waals surface area contributed by atoms with Gasteiger partial charge in [-0.15, -0.1) is 0 Å². The van der Waals surface area contributed by atoms with Crippen LogP contribution in [0.1, 0.15) is 12.1 Å². The van der Waals surface area contributed by atoms with Crippen molar-refractivity contribution in [2.45, 2.75) is 19.1 Å². The van der Waals surface area contributed by atoms with E-state index in [1.807, 2.05) is 12.1 Å². The molecule has 2 heterocycles. The number of anilines is 1. The number of ether oxygens (including phenoxy) is 1. The van der Waals surface area contributed by atoms with Crippen LogP contribution in [-0.4, -0.2) is 36.2 Å². The third kappa shape index (κ3) is 2.67. The third-order valence-electron chi connectivity index (χ3n) is 2.79. The molecule has 0 saturated carbocycles. The topological polar surface area (TPSA) is 51.4 Å². The highest BCUT2D eigenvalue weighted by Gasteiger charge is 2.21. The first-order chi connectivity index (χ1) is 7.28. The molecule has 1 aromatic heterocycles. The fourth-order valence-corrected chi connectivity index (χ4v) is 1.95. The van der Waals surface area contributed by atoms with Crippen molar-refractivity contribution in [1.29, 1.82) is 0 Å². The van der Waals surface area contributed by atoms with Gasteiger partial charge >= 0.3 is 0 Å². The molecular weight excluding hydrogens is 190 g/mol. The lowest BCUT2D eigenvalue weighted by Gasteiger charge is -2.14. The molecular formula is C11H17N3O. The van der Waals surface area contributed by atoms with E-state index >= 15 is 0 Å². The average molecular weight is 207 g/mol. The number of likely N-dealkylation sites (tertiary alicyclic amines) is 1. The van der Waals surface area contributed by atoms with E-state index < -0.39 is 0 Å². The van der Waals surface area contributed by atoms with Gasteiger partial charge in [0, 0.05) is 38.6 Å². The lowest BCUT2D eigenvalue weighted by Crippen LogP contribution is -2.22. The number of aromatic nitrogens is 1. The van der Waals surface area contributed by atoms with Crippen molar-refractivity contribution in [3.05, 3.63) is 24.0 Å². The van der Waals surface area contributed by atoms with Crippen LogP contribution in [0.4, 0.5) is 5.69 Å². The van der Waals surface area contributed by atoms with Crippen LogP contribution in [0.25, 0.3) is 0 Å². The van der Waals surface area contributed by atoms with Crippen LogP contribution in [0, 0.1) is 0 Å². The SMILES string of the molecule is COC1CCN(Cc2cc(N)ccn2)C1. The zero-order chi connectivity index (χ0) is 10.7. The molecule has 1 aliphatic rings. The Morgan fingerprint density at radius 1 is 1.67 bits per heavy atom. The van der Waals surface area contributed by atoms with Crippen LogP contribution in [0.2, 0.25) is 0 Å². The maximum absolute atomic E-state index is 5.70. The van der Waals surface area contributed by atoms with E-state index in [-0.39, 0.29) is 0 Å². The van der Waals surface area contributed by atoms with Crippen LogP contribution in [0.5, 0.6) is 0 Å². The van der Waals surface area contributed by atoms with E-state index in [2.05, 4.69) is 9.88 Å². The van der Waals surface area contributed by atoms with Crippen LogP contribution < -0.4 is 5.73 Å². The molecule has 1 saturated heterocycles. The Bertz CT molecular complexity index is 329. The summed E-state index contributed by atoms with van der Waals surface area (Å²) in [6, 6.07) is 3.74. The number of nitrogens with two attached hydrogens (primary N) is 1. The summed E-state index contributed by atoms with van der Waals surface area (Å²) < 4.78 is 5.32. The van der Waals surface area contributed by atoms with E-state index in [9.17, 15) is 0 Å². The molecule has 4 nitrogen and oxygen atoms in total. The minimum atomic E-state index is 0.381. The maximum Gasteiger partial charge on any atom is 0.0710 e. The Kier molecular flexibility index (Phi) is 3.18. The van der Waals surface area contributed by atoms with Crippen LogP contribution in [-0.2, 0) is 11.3 Å². The van der Waals surface area contributed by atoms with Crippen LogP contribution in [0.3, 0.4) is 0 Å². The molecule has 0 bridgehead atoms.